The van der Waals surface area contributed by atoms with Gasteiger partial charge in [-0.15, -0.1) is 0 Å². The molecule has 6 nitrogen and oxygen atoms in total. The highest BCUT2D eigenvalue weighted by atomic mass is 16.5. The van der Waals surface area contributed by atoms with Crippen LogP contribution in [0, 0.1) is 47.4 Å². The zero-order chi connectivity index (χ0) is 71.6. The molecule has 0 saturated heterocycles. The SMILES string of the molecule is O=C(c1ccc(Oc2cccc(Oc3ccc(C(=O)c4ccc(Oc5cc(-c6ccc(C#Cc7ccccc7)cc6)cc(-c6ccc(C#Cc7ccccc7)cc6)c5)cc4)cc3)c2)cc1)c1ccc(Oc2cc(-c3ccc(C#Cc4ccccc4)cc3)cc(-c3ccc(C#Cc4ccccc4)cc3)c2)cc1. The molecule has 0 radical (unpaired) electrons. The van der Waals surface area contributed by atoms with Gasteiger partial charge in [0.15, 0.2) is 11.6 Å². The van der Waals surface area contributed by atoms with Gasteiger partial charge in [0.25, 0.3) is 0 Å². The lowest BCUT2D eigenvalue weighted by atomic mass is 9.97. The average Bonchev–Trinajstić information content (AvgIpc) is 0.811. The molecular formula is C100H62O6. The van der Waals surface area contributed by atoms with Gasteiger partial charge in [-0.2, -0.15) is 0 Å². The molecule has 0 bridgehead atoms. The van der Waals surface area contributed by atoms with Crippen molar-refractivity contribution in [3.63, 3.8) is 0 Å². The predicted molar refractivity (Wildman–Crippen MR) is 424 cm³/mol. The number of ether oxygens (including phenoxy) is 4. The lowest BCUT2D eigenvalue weighted by Crippen LogP contribution is -2.01. The van der Waals surface area contributed by atoms with Crippen molar-refractivity contribution in [3.05, 3.63) is 443 Å². The monoisotopic (exact) mass is 1360 g/mol. The molecule has 0 amide bonds. The smallest absolute Gasteiger partial charge is 0.193 e. The van der Waals surface area contributed by atoms with E-state index in [0.29, 0.717) is 68.2 Å². The van der Waals surface area contributed by atoms with Crippen LogP contribution in [0.2, 0.25) is 0 Å². The fourth-order valence-corrected chi connectivity index (χ4v) is 11.8. The maximum atomic E-state index is 13.9. The summed E-state index contributed by atoms with van der Waals surface area (Å²) in [6.07, 6.45) is 0. The van der Waals surface area contributed by atoms with Crippen LogP contribution in [0.5, 0.6) is 46.0 Å². The molecule has 0 fully saturated rings. The molecule has 0 aliphatic heterocycles. The molecule has 0 N–H and O–H groups in total. The molecule has 0 saturated carbocycles. The van der Waals surface area contributed by atoms with Crippen LogP contribution < -0.4 is 18.9 Å². The van der Waals surface area contributed by atoms with E-state index in [0.717, 1.165) is 89.0 Å². The summed E-state index contributed by atoms with van der Waals surface area (Å²) in [4.78, 5) is 27.8. The minimum absolute atomic E-state index is 0.149. The molecule has 0 spiro atoms. The third-order valence-electron chi connectivity index (χ3n) is 17.4. The molecule has 0 heterocycles. The van der Waals surface area contributed by atoms with Crippen molar-refractivity contribution in [2.24, 2.45) is 0 Å². The second-order valence-corrected chi connectivity index (χ2v) is 24.9. The average molecular weight is 1360 g/mol. The van der Waals surface area contributed by atoms with Gasteiger partial charge in [0.2, 0.25) is 0 Å². The third kappa shape index (κ3) is 17.4. The number of hydrogen-bond acceptors (Lipinski definition) is 6. The first-order valence-electron chi connectivity index (χ1n) is 34.5. The highest BCUT2D eigenvalue weighted by Gasteiger charge is 2.16. The van der Waals surface area contributed by atoms with E-state index in [9.17, 15) is 9.59 Å². The van der Waals surface area contributed by atoms with Gasteiger partial charge in [-0.1, -0.05) is 175 Å². The van der Waals surface area contributed by atoms with Gasteiger partial charge in [0, 0.05) is 72.8 Å². The van der Waals surface area contributed by atoms with Crippen LogP contribution >= 0.6 is 0 Å². The van der Waals surface area contributed by atoms with Crippen LogP contribution in [-0.4, -0.2) is 11.6 Å². The molecule has 0 atom stereocenters. The molecule has 0 aliphatic carbocycles. The summed E-state index contributed by atoms with van der Waals surface area (Å²) >= 11 is 0. The Morgan fingerprint density at radius 1 is 0.160 bits per heavy atom. The molecule has 15 aromatic rings. The minimum Gasteiger partial charge on any atom is -0.457 e. The summed E-state index contributed by atoms with van der Waals surface area (Å²) in [7, 11) is 0. The van der Waals surface area contributed by atoms with Gasteiger partial charge in [-0.05, 0) is 287 Å². The van der Waals surface area contributed by atoms with Crippen LogP contribution in [0.1, 0.15) is 76.4 Å². The number of hydrogen-bond donors (Lipinski definition) is 0. The Morgan fingerprint density at radius 3 is 0.594 bits per heavy atom. The zero-order valence-electron chi connectivity index (χ0n) is 57.2. The van der Waals surface area contributed by atoms with Crippen LogP contribution in [0.15, 0.2) is 376 Å². The summed E-state index contributed by atoms with van der Waals surface area (Å²) in [5.74, 6) is 30.4. The summed E-state index contributed by atoms with van der Waals surface area (Å²) in [5.41, 5.74) is 17.4. The van der Waals surface area contributed by atoms with Gasteiger partial charge in [-0.3, -0.25) is 9.59 Å². The van der Waals surface area contributed by atoms with Gasteiger partial charge in [0.05, 0.1) is 0 Å². The van der Waals surface area contributed by atoms with E-state index < -0.39 is 0 Å². The van der Waals surface area contributed by atoms with Gasteiger partial charge in [0.1, 0.15) is 46.0 Å². The van der Waals surface area contributed by atoms with Crippen molar-refractivity contribution in [1.29, 1.82) is 0 Å². The number of benzene rings is 15. The molecule has 0 aliphatic rings. The summed E-state index contributed by atoms with van der Waals surface area (Å²) in [6.45, 7) is 0. The second kappa shape index (κ2) is 32.2. The first kappa shape index (κ1) is 66.9. The molecular weight excluding hydrogens is 1300 g/mol. The Hall–Kier alpha value is -14.9. The van der Waals surface area contributed by atoms with Crippen LogP contribution in [0.4, 0.5) is 0 Å². The summed E-state index contributed by atoms with van der Waals surface area (Å²) in [6, 6.07) is 121. The van der Waals surface area contributed by atoms with Crippen molar-refractivity contribution < 1.29 is 28.5 Å². The molecule has 0 aromatic heterocycles. The molecule has 6 heteroatoms. The van der Waals surface area contributed by atoms with E-state index >= 15 is 0 Å². The standard InChI is InChI=1S/C100H62O6/c101-99(85-52-60-93(61-53-85)105-97-66-87(79-40-32-75(33-41-79)28-24-71-14-5-1-6-15-71)64-88(67-97)80-42-34-76(35-43-80)29-25-72-16-7-2-8-17-72)83-48-56-91(57-49-83)103-95-22-13-23-96(70-95)104-92-58-50-84(51-59-92)100(102)86-54-62-94(63-55-86)106-98-68-89(81-44-36-77(37-45-81)30-26-73-18-9-3-10-19-73)65-90(69-98)82-46-38-78(39-47-82)31-27-74-20-11-4-12-21-74/h1-23,32-70H. The van der Waals surface area contributed by atoms with E-state index in [1.54, 1.807) is 78.9 Å². The van der Waals surface area contributed by atoms with E-state index in [1.807, 2.05) is 237 Å². The minimum atomic E-state index is -0.149. The fourth-order valence-electron chi connectivity index (χ4n) is 11.8. The molecule has 15 aromatic carbocycles. The van der Waals surface area contributed by atoms with Crippen molar-refractivity contribution >= 4 is 11.6 Å². The number of carbonyl (C=O) groups is 2. The third-order valence-corrected chi connectivity index (χ3v) is 17.4. The van der Waals surface area contributed by atoms with E-state index in [1.165, 1.54) is 0 Å². The first-order chi connectivity index (χ1) is 52.2. The quantitative estimate of drug-likeness (QED) is 0.0709. The van der Waals surface area contributed by atoms with E-state index in [4.69, 9.17) is 18.9 Å². The van der Waals surface area contributed by atoms with Crippen molar-refractivity contribution in [2.75, 3.05) is 0 Å². The highest BCUT2D eigenvalue weighted by molar-refractivity contribution is 6.09. The maximum absolute atomic E-state index is 13.9. The van der Waals surface area contributed by atoms with E-state index in [-0.39, 0.29) is 11.6 Å². The maximum Gasteiger partial charge on any atom is 0.193 e. The Bertz CT molecular complexity index is 5290. The largest absolute Gasteiger partial charge is 0.457 e. The Labute approximate surface area is 617 Å². The van der Waals surface area contributed by atoms with Gasteiger partial charge < -0.3 is 18.9 Å². The second-order valence-electron chi connectivity index (χ2n) is 24.9. The van der Waals surface area contributed by atoms with Crippen LogP contribution in [-0.2, 0) is 0 Å². The van der Waals surface area contributed by atoms with Crippen molar-refractivity contribution in [1.82, 2.24) is 0 Å². The van der Waals surface area contributed by atoms with Gasteiger partial charge in [-0.25, -0.2) is 0 Å². The van der Waals surface area contributed by atoms with Crippen molar-refractivity contribution in [2.45, 2.75) is 0 Å². The van der Waals surface area contributed by atoms with Crippen LogP contribution in [0.3, 0.4) is 0 Å². The summed E-state index contributed by atoms with van der Waals surface area (Å²) in [5, 5.41) is 0. The number of rotatable bonds is 16. The van der Waals surface area contributed by atoms with Crippen molar-refractivity contribution in [3.8, 4) is 138 Å². The first-order valence-corrected chi connectivity index (χ1v) is 34.5. The highest BCUT2D eigenvalue weighted by Crippen LogP contribution is 2.38. The number of carbonyl (C=O) groups excluding carboxylic acids is 2. The molecule has 106 heavy (non-hydrogen) atoms. The normalized spacial score (nSPS) is 10.4. The fraction of sp³-hybridized carbons (Fsp3) is 0. The molecule has 498 valence electrons. The van der Waals surface area contributed by atoms with Crippen LogP contribution in [0.25, 0.3) is 44.5 Å². The topological polar surface area (TPSA) is 71.1 Å². The van der Waals surface area contributed by atoms with Gasteiger partial charge >= 0.3 is 0 Å². The molecule has 15 rings (SSSR count). The lowest BCUT2D eigenvalue weighted by molar-refractivity contribution is 0.103. The summed E-state index contributed by atoms with van der Waals surface area (Å²) < 4.78 is 25.6. The Balaban J connectivity index is 0.572. The van der Waals surface area contributed by atoms with E-state index in [2.05, 4.69) is 108 Å². The Kier molecular flexibility index (Phi) is 20.3. The zero-order valence-corrected chi connectivity index (χ0v) is 57.2. The Morgan fingerprint density at radius 2 is 0.368 bits per heavy atom. The predicted octanol–water partition coefficient (Wildman–Crippen LogP) is 23.6. The lowest BCUT2D eigenvalue weighted by Gasteiger charge is -2.13. The number of ketones is 2. The molecule has 0 unspecified atom stereocenters.